The topological polar surface area (TPSA) is 72.4 Å². The highest BCUT2D eigenvalue weighted by Gasteiger charge is 2.39. The number of alkyl halides is 6. The number of aromatic amines is 1. The largest absolute Gasteiger partial charge is 0.416 e. The zero-order valence-electron chi connectivity index (χ0n) is 19.2. The molecule has 200 valence electrons. The Morgan fingerprint density at radius 2 is 1.70 bits per heavy atom. The molecule has 1 aliphatic heterocycles. The molecule has 3 atom stereocenters. The van der Waals surface area contributed by atoms with Crippen molar-refractivity contribution in [2.24, 2.45) is 0 Å². The lowest BCUT2D eigenvalue weighted by atomic mass is 10.0. The molecule has 0 spiro atoms. The monoisotopic (exact) mass is 534 g/mol. The third-order valence-corrected chi connectivity index (χ3v) is 5.83. The molecule has 1 aromatic heterocycles. The molecule has 0 aliphatic carbocycles. The number of nitrogens with one attached hydrogen (secondary N) is 1. The summed E-state index contributed by atoms with van der Waals surface area (Å²) in [6.07, 6.45) is -11.2. The van der Waals surface area contributed by atoms with Crippen molar-refractivity contribution in [2.75, 3.05) is 13.2 Å². The van der Waals surface area contributed by atoms with E-state index in [1.807, 2.05) is 0 Å². The van der Waals surface area contributed by atoms with Gasteiger partial charge in [-0.25, -0.2) is 14.3 Å². The summed E-state index contributed by atoms with van der Waals surface area (Å²) in [5.41, 5.74) is -3.34. The van der Waals surface area contributed by atoms with Crippen molar-refractivity contribution in [2.45, 2.75) is 44.4 Å². The summed E-state index contributed by atoms with van der Waals surface area (Å²) in [7, 11) is 0. The summed E-state index contributed by atoms with van der Waals surface area (Å²) in [6, 6.07) is 5.82. The van der Waals surface area contributed by atoms with Gasteiger partial charge in [-0.15, -0.1) is 0 Å². The van der Waals surface area contributed by atoms with Crippen LogP contribution in [0.2, 0.25) is 0 Å². The van der Waals surface area contributed by atoms with Gasteiger partial charge in [-0.3, -0.25) is 9.58 Å². The molecule has 0 unspecified atom stereocenters. The third kappa shape index (κ3) is 6.37. The van der Waals surface area contributed by atoms with Gasteiger partial charge in [0.25, 0.3) is 0 Å². The van der Waals surface area contributed by atoms with E-state index < -0.39 is 53.4 Å². The molecular weight excluding hydrogens is 513 g/mol. The molecular formula is C23H21F7N4O3. The Kier molecular flexibility index (Phi) is 7.44. The van der Waals surface area contributed by atoms with E-state index in [-0.39, 0.29) is 24.9 Å². The molecule has 0 bridgehead atoms. The summed E-state index contributed by atoms with van der Waals surface area (Å²) in [6.45, 7) is 1.83. The number of nitrogens with zero attached hydrogens (tertiary/aromatic N) is 3. The summed E-state index contributed by atoms with van der Waals surface area (Å²) >= 11 is 0. The van der Waals surface area contributed by atoms with Crippen LogP contribution in [0.4, 0.5) is 30.7 Å². The van der Waals surface area contributed by atoms with Crippen molar-refractivity contribution < 1.29 is 40.2 Å². The molecule has 0 radical (unpaired) electrons. The van der Waals surface area contributed by atoms with Gasteiger partial charge in [0, 0.05) is 6.54 Å². The molecule has 4 rings (SSSR count). The molecule has 2 aromatic carbocycles. The maximum absolute atomic E-state index is 13.6. The Balaban J connectivity index is 1.66. The van der Waals surface area contributed by atoms with Crippen LogP contribution in [0.25, 0.3) is 0 Å². The standard InChI is InChI=1S/C23H21F7N4O3/c1-13(15-8-16(22(25,26)27)10-17(9-15)23(28,29)30)37-20-19(14-2-4-18(24)5-3-14)33(6-7-36-20)12-34-11-31-21(35)32-34/h2-5,8-11,13,19-20H,6-7,12H2,1H3,(H,32,35)/t13-,19+,20-/m1/s1. The van der Waals surface area contributed by atoms with E-state index >= 15 is 0 Å². The number of aromatic nitrogens is 3. The predicted octanol–water partition coefficient (Wildman–Crippen LogP) is 4.88. The van der Waals surface area contributed by atoms with Gasteiger partial charge in [-0.2, -0.15) is 31.3 Å². The average Bonchev–Trinajstić information content (AvgIpc) is 3.23. The van der Waals surface area contributed by atoms with Crippen LogP contribution in [0.15, 0.2) is 53.6 Å². The quantitative estimate of drug-likeness (QED) is 0.457. The SMILES string of the molecule is C[C@@H](O[C@H]1OCCN(Cn2cnc(=O)[nH]2)[C@H]1c1ccc(F)cc1)c1cc(C(F)(F)F)cc(C(F)(F)F)c1. The van der Waals surface area contributed by atoms with Crippen molar-refractivity contribution in [3.05, 3.63) is 87.3 Å². The number of halogens is 7. The average molecular weight is 534 g/mol. The number of morpholine rings is 1. The highest BCUT2D eigenvalue weighted by Crippen LogP contribution is 2.39. The van der Waals surface area contributed by atoms with Crippen LogP contribution < -0.4 is 5.69 Å². The number of benzene rings is 2. The lowest BCUT2D eigenvalue weighted by Crippen LogP contribution is -2.47. The maximum atomic E-state index is 13.6. The molecule has 0 saturated carbocycles. The van der Waals surface area contributed by atoms with Crippen molar-refractivity contribution >= 4 is 0 Å². The summed E-state index contributed by atoms with van der Waals surface area (Å²) in [4.78, 5) is 16.8. The second-order valence-corrected chi connectivity index (χ2v) is 8.44. The fraction of sp³-hybridized carbons (Fsp3) is 0.391. The Bertz CT molecular complexity index is 1240. The van der Waals surface area contributed by atoms with Crippen LogP contribution in [0, 0.1) is 5.82 Å². The van der Waals surface area contributed by atoms with E-state index in [2.05, 4.69) is 10.1 Å². The van der Waals surface area contributed by atoms with Gasteiger partial charge in [-0.1, -0.05) is 12.1 Å². The van der Waals surface area contributed by atoms with Crippen molar-refractivity contribution in [3.63, 3.8) is 0 Å². The first-order valence-corrected chi connectivity index (χ1v) is 11.0. The van der Waals surface area contributed by atoms with Gasteiger partial charge in [0.05, 0.1) is 36.5 Å². The molecule has 0 amide bonds. The van der Waals surface area contributed by atoms with Gasteiger partial charge < -0.3 is 9.47 Å². The molecule has 14 heteroatoms. The van der Waals surface area contributed by atoms with E-state index in [0.29, 0.717) is 24.2 Å². The second kappa shape index (κ2) is 10.3. The van der Waals surface area contributed by atoms with E-state index in [9.17, 15) is 35.5 Å². The van der Waals surface area contributed by atoms with Crippen LogP contribution in [0.5, 0.6) is 0 Å². The molecule has 2 heterocycles. The fourth-order valence-electron chi connectivity index (χ4n) is 4.05. The molecule has 7 nitrogen and oxygen atoms in total. The summed E-state index contributed by atoms with van der Waals surface area (Å²) in [5, 5.41) is 2.48. The number of hydrogen-bond acceptors (Lipinski definition) is 5. The van der Waals surface area contributed by atoms with Crippen LogP contribution in [0.3, 0.4) is 0 Å². The minimum absolute atomic E-state index is 0.0439. The van der Waals surface area contributed by atoms with Gasteiger partial charge in [0.15, 0.2) is 6.29 Å². The third-order valence-electron chi connectivity index (χ3n) is 5.83. The van der Waals surface area contributed by atoms with Crippen LogP contribution >= 0.6 is 0 Å². The van der Waals surface area contributed by atoms with E-state index in [0.717, 1.165) is 0 Å². The summed E-state index contributed by atoms with van der Waals surface area (Å²) < 4.78 is 107. The fourth-order valence-corrected chi connectivity index (χ4v) is 4.05. The first-order chi connectivity index (χ1) is 17.3. The van der Waals surface area contributed by atoms with E-state index in [1.165, 1.54) is 42.2 Å². The van der Waals surface area contributed by atoms with E-state index in [4.69, 9.17) is 9.47 Å². The number of H-pyrrole nitrogens is 1. The van der Waals surface area contributed by atoms with Crippen LogP contribution in [0.1, 0.15) is 41.3 Å². The molecule has 1 N–H and O–H groups in total. The van der Waals surface area contributed by atoms with Crippen LogP contribution in [-0.4, -0.2) is 39.1 Å². The lowest BCUT2D eigenvalue weighted by Gasteiger charge is -2.42. The van der Waals surface area contributed by atoms with Gasteiger partial charge in [0.2, 0.25) is 0 Å². The highest BCUT2D eigenvalue weighted by atomic mass is 19.4. The number of hydrogen-bond donors (Lipinski definition) is 1. The zero-order valence-corrected chi connectivity index (χ0v) is 19.2. The minimum Gasteiger partial charge on any atom is -0.349 e. The van der Waals surface area contributed by atoms with Gasteiger partial charge in [0.1, 0.15) is 12.1 Å². The Morgan fingerprint density at radius 3 is 2.24 bits per heavy atom. The smallest absolute Gasteiger partial charge is 0.349 e. The Labute approximate surface area is 205 Å². The van der Waals surface area contributed by atoms with Gasteiger partial charge in [-0.05, 0) is 48.4 Å². The summed E-state index contributed by atoms with van der Waals surface area (Å²) in [5.74, 6) is -0.513. The van der Waals surface area contributed by atoms with Gasteiger partial charge >= 0.3 is 18.0 Å². The minimum atomic E-state index is -5.01. The number of rotatable bonds is 6. The lowest BCUT2D eigenvalue weighted by molar-refractivity contribution is -0.234. The van der Waals surface area contributed by atoms with Crippen molar-refractivity contribution in [1.82, 2.24) is 19.7 Å². The molecule has 37 heavy (non-hydrogen) atoms. The zero-order chi connectivity index (χ0) is 27.0. The van der Waals surface area contributed by atoms with Crippen molar-refractivity contribution in [1.29, 1.82) is 0 Å². The first-order valence-electron chi connectivity index (χ1n) is 11.0. The van der Waals surface area contributed by atoms with E-state index in [1.54, 1.807) is 4.90 Å². The second-order valence-electron chi connectivity index (χ2n) is 8.44. The first kappa shape index (κ1) is 26.8. The predicted molar refractivity (Wildman–Crippen MR) is 114 cm³/mol. The molecule has 1 aliphatic rings. The van der Waals surface area contributed by atoms with Crippen molar-refractivity contribution in [3.8, 4) is 0 Å². The molecule has 1 fully saturated rings. The maximum Gasteiger partial charge on any atom is 0.416 e. The Morgan fingerprint density at radius 1 is 1.08 bits per heavy atom. The highest BCUT2D eigenvalue weighted by molar-refractivity contribution is 5.34. The number of ether oxygens (including phenoxy) is 2. The molecule has 1 saturated heterocycles. The Hall–Kier alpha value is -3.23. The van der Waals surface area contributed by atoms with Crippen LogP contribution in [-0.2, 0) is 28.5 Å². The normalized spacial score (nSPS) is 20.2. The molecule has 3 aromatic rings.